The van der Waals surface area contributed by atoms with Gasteiger partial charge in [0.1, 0.15) is 5.75 Å². The van der Waals surface area contributed by atoms with E-state index in [0.717, 1.165) is 30.7 Å². The Labute approximate surface area is 117 Å². The first-order valence-electron chi connectivity index (χ1n) is 6.63. The van der Waals surface area contributed by atoms with E-state index < -0.39 is 0 Å². The summed E-state index contributed by atoms with van der Waals surface area (Å²) in [5, 5.41) is 1.17. The molecule has 1 aliphatic rings. The van der Waals surface area contributed by atoms with Gasteiger partial charge in [0, 0.05) is 17.3 Å². The Morgan fingerprint density at radius 3 is 2.84 bits per heavy atom. The van der Waals surface area contributed by atoms with Crippen LogP contribution in [0.25, 0.3) is 0 Å². The minimum atomic E-state index is 0.143. The van der Waals surface area contributed by atoms with Crippen LogP contribution in [0.15, 0.2) is 24.3 Å². The second-order valence-electron chi connectivity index (χ2n) is 4.94. The van der Waals surface area contributed by atoms with E-state index in [9.17, 15) is 0 Å². The monoisotopic (exact) mass is 274 g/mol. The van der Waals surface area contributed by atoms with Gasteiger partial charge in [-0.05, 0) is 37.0 Å². The smallest absolute Gasteiger partial charge is 0.118 e. The molecule has 1 aromatic carbocycles. The van der Waals surface area contributed by atoms with Gasteiger partial charge in [-0.25, -0.2) is 4.98 Å². The van der Waals surface area contributed by atoms with E-state index in [2.05, 4.69) is 12.1 Å². The van der Waals surface area contributed by atoms with Crippen LogP contribution in [0.1, 0.15) is 40.0 Å². The minimum absolute atomic E-state index is 0.143. The second-order valence-corrected chi connectivity index (χ2v) is 6.11. The average molecular weight is 274 g/mol. The van der Waals surface area contributed by atoms with E-state index in [-0.39, 0.29) is 6.04 Å². The van der Waals surface area contributed by atoms with Crippen molar-refractivity contribution in [1.29, 1.82) is 0 Å². The molecular formula is C15H18N2OS. The van der Waals surface area contributed by atoms with Crippen LogP contribution in [0.2, 0.25) is 0 Å². The Kier molecular flexibility index (Phi) is 3.53. The first kappa shape index (κ1) is 12.6. The normalized spacial score (nSPS) is 18.1. The molecule has 1 aromatic heterocycles. The molecule has 0 bridgehead atoms. The molecule has 4 heteroatoms. The molecule has 19 heavy (non-hydrogen) atoms. The fourth-order valence-corrected chi connectivity index (χ4v) is 3.71. The molecule has 1 aliphatic carbocycles. The van der Waals surface area contributed by atoms with Crippen LogP contribution in [0.5, 0.6) is 5.75 Å². The predicted octanol–water partition coefficient (Wildman–Crippen LogP) is 3.08. The summed E-state index contributed by atoms with van der Waals surface area (Å²) in [6, 6.07) is 8.33. The summed E-state index contributed by atoms with van der Waals surface area (Å²) in [4.78, 5) is 6.12. The number of thiazole rings is 1. The third kappa shape index (κ3) is 2.65. The van der Waals surface area contributed by atoms with Crippen molar-refractivity contribution in [2.24, 2.45) is 5.73 Å². The van der Waals surface area contributed by atoms with Crippen molar-refractivity contribution in [3.05, 3.63) is 45.4 Å². The number of aromatic nitrogens is 1. The highest BCUT2D eigenvalue weighted by atomic mass is 32.1. The Morgan fingerprint density at radius 2 is 2.16 bits per heavy atom. The summed E-state index contributed by atoms with van der Waals surface area (Å²) in [7, 11) is 1.69. The summed E-state index contributed by atoms with van der Waals surface area (Å²) in [5.74, 6) is 0.893. The fraction of sp³-hybridized carbons (Fsp3) is 0.400. The molecule has 0 spiro atoms. The van der Waals surface area contributed by atoms with Crippen molar-refractivity contribution >= 4 is 11.3 Å². The lowest BCUT2D eigenvalue weighted by atomic mass is 9.99. The first-order valence-corrected chi connectivity index (χ1v) is 7.45. The molecule has 0 fully saturated rings. The summed E-state index contributed by atoms with van der Waals surface area (Å²) < 4.78 is 5.17. The number of fused-ring (bicyclic) bond motifs is 1. The van der Waals surface area contributed by atoms with Crippen molar-refractivity contribution in [3.8, 4) is 5.75 Å². The van der Waals surface area contributed by atoms with Crippen molar-refractivity contribution < 1.29 is 4.74 Å². The van der Waals surface area contributed by atoms with Gasteiger partial charge in [-0.2, -0.15) is 0 Å². The number of aryl methyl sites for hydroxylation is 1. The number of methoxy groups -OCH3 is 1. The van der Waals surface area contributed by atoms with Crippen LogP contribution in [0.3, 0.4) is 0 Å². The first-order chi connectivity index (χ1) is 9.26. The van der Waals surface area contributed by atoms with Crippen LogP contribution >= 0.6 is 11.3 Å². The molecule has 3 nitrogen and oxygen atoms in total. The molecule has 3 rings (SSSR count). The summed E-state index contributed by atoms with van der Waals surface area (Å²) >= 11 is 1.82. The lowest BCUT2D eigenvalue weighted by molar-refractivity contribution is 0.414. The zero-order chi connectivity index (χ0) is 13.2. The van der Waals surface area contributed by atoms with E-state index in [4.69, 9.17) is 15.5 Å². The topological polar surface area (TPSA) is 48.1 Å². The number of benzene rings is 1. The number of nitrogens with zero attached hydrogens (tertiary/aromatic N) is 1. The van der Waals surface area contributed by atoms with E-state index in [0.29, 0.717) is 0 Å². The van der Waals surface area contributed by atoms with Crippen molar-refractivity contribution in [2.75, 3.05) is 7.11 Å². The summed E-state index contributed by atoms with van der Waals surface area (Å²) in [5.41, 5.74) is 8.52. The quantitative estimate of drug-likeness (QED) is 0.935. The Hall–Kier alpha value is -1.39. The van der Waals surface area contributed by atoms with Crippen molar-refractivity contribution in [3.63, 3.8) is 0 Å². The highest BCUT2D eigenvalue weighted by molar-refractivity contribution is 7.11. The van der Waals surface area contributed by atoms with Crippen LogP contribution < -0.4 is 10.5 Å². The Balaban J connectivity index is 1.79. The fourth-order valence-electron chi connectivity index (χ4n) is 2.50. The van der Waals surface area contributed by atoms with E-state index in [1.54, 1.807) is 7.11 Å². The Morgan fingerprint density at radius 1 is 1.37 bits per heavy atom. The van der Waals surface area contributed by atoms with Crippen LogP contribution in [-0.2, 0) is 12.8 Å². The third-order valence-corrected chi connectivity index (χ3v) is 4.69. The van der Waals surface area contributed by atoms with Gasteiger partial charge in [0.15, 0.2) is 0 Å². The molecule has 0 amide bonds. The molecular weight excluding hydrogens is 256 g/mol. The van der Waals surface area contributed by atoms with Gasteiger partial charge in [0.25, 0.3) is 0 Å². The largest absolute Gasteiger partial charge is 0.497 e. The number of rotatable bonds is 3. The maximum absolute atomic E-state index is 6.12. The second kappa shape index (κ2) is 5.31. The molecule has 1 atom stereocenters. The predicted molar refractivity (Wildman–Crippen MR) is 77.8 cm³/mol. The number of ether oxygens (including phenoxy) is 1. The maximum atomic E-state index is 6.12. The third-order valence-electron chi connectivity index (χ3n) is 3.56. The number of hydrogen-bond donors (Lipinski definition) is 1. The number of hydrogen-bond acceptors (Lipinski definition) is 4. The summed E-state index contributed by atoms with van der Waals surface area (Å²) in [6.07, 6.45) is 4.29. The lowest BCUT2D eigenvalue weighted by Crippen LogP contribution is -2.16. The van der Waals surface area contributed by atoms with Crippen LogP contribution in [0.4, 0.5) is 0 Å². The summed E-state index contributed by atoms with van der Waals surface area (Å²) in [6.45, 7) is 0. The molecule has 100 valence electrons. The van der Waals surface area contributed by atoms with Gasteiger partial charge in [-0.1, -0.05) is 12.1 Å². The van der Waals surface area contributed by atoms with Crippen molar-refractivity contribution in [1.82, 2.24) is 4.98 Å². The van der Waals surface area contributed by atoms with Gasteiger partial charge in [0.2, 0.25) is 0 Å². The van der Waals surface area contributed by atoms with Crippen molar-refractivity contribution in [2.45, 2.75) is 31.7 Å². The molecule has 0 radical (unpaired) electrons. The maximum Gasteiger partial charge on any atom is 0.118 e. The van der Waals surface area contributed by atoms with Crippen LogP contribution in [-0.4, -0.2) is 12.1 Å². The molecule has 1 heterocycles. The van der Waals surface area contributed by atoms with Gasteiger partial charge < -0.3 is 10.5 Å². The SMILES string of the molecule is COc1ccc(Cc2nc3c(s2)CCCC3N)cc1. The minimum Gasteiger partial charge on any atom is -0.497 e. The Bertz CT molecular complexity index is 562. The lowest BCUT2D eigenvalue weighted by Gasteiger charge is -2.15. The van der Waals surface area contributed by atoms with Gasteiger partial charge in [0.05, 0.1) is 17.8 Å². The average Bonchev–Trinajstić information content (AvgIpc) is 2.84. The van der Waals surface area contributed by atoms with Gasteiger partial charge in [-0.3, -0.25) is 0 Å². The molecule has 2 aromatic rings. The molecule has 0 saturated carbocycles. The zero-order valence-corrected chi connectivity index (χ0v) is 11.9. The molecule has 0 aliphatic heterocycles. The van der Waals surface area contributed by atoms with Crippen LogP contribution in [0, 0.1) is 0 Å². The molecule has 0 saturated heterocycles. The highest BCUT2D eigenvalue weighted by Gasteiger charge is 2.21. The standard InChI is InChI=1S/C15H18N2OS/c1-18-11-7-5-10(6-8-11)9-14-17-15-12(16)3-2-4-13(15)19-14/h5-8,12H,2-4,9,16H2,1H3. The molecule has 1 unspecified atom stereocenters. The van der Waals surface area contributed by atoms with E-state index in [1.165, 1.54) is 21.9 Å². The van der Waals surface area contributed by atoms with Gasteiger partial charge in [-0.15, -0.1) is 11.3 Å². The zero-order valence-electron chi connectivity index (χ0n) is 11.1. The van der Waals surface area contributed by atoms with E-state index in [1.807, 2.05) is 23.5 Å². The van der Waals surface area contributed by atoms with Gasteiger partial charge >= 0.3 is 0 Å². The number of nitrogens with two attached hydrogens (primary N) is 1. The van der Waals surface area contributed by atoms with E-state index >= 15 is 0 Å². The molecule has 2 N–H and O–H groups in total. The highest BCUT2D eigenvalue weighted by Crippen LogP contribution is 2.32.